The molecule has 0 radical (unpaired) electrons. The van der Waals surface area contributed by atoms with Crippen LogP contribution in [0, 0.1) is 6.92 Å². The number of ether oxygens (including phenoxy) is 4. The van der Waals surface area contributed by atoms with Crippen molar-refractivity contribution in [2.24, 2.45) is 0 Å². The first-order chi connectivity index (χ1) is 19.4. The third kappa shape index (κ3) is 4.99. The molecule has 8 nitrogen and oxygen atoms in total. The lowest BCUT2D eigenvalue weighted by molar-refractivity contribution is 0.103. The molecule has 40 heavy (non-hydrogen) atoms. The van der Waals surface area contributed by atoms with E-state index in [0.717, 1.165) is 27.9 Å². The van der Waals surface area contributed by atoms with Crippen molar-refractivity contribution in [3.05, 3.63) is 77.2 Å². The molecule has 9 heteroatoms. The van der Waals surface area contributed by atoms with Gasteiger partial charge in [0.15, 0.2) is 11.5 Å². The minimum absolute atomic E-state index is 0.340. The first-order valence-corrected chi connectivity index (χ1v) is 13.2. The molecule has 0 aliphatic rings. The molecule has 5 rings (SSSR count). The number of nitrogen functional groups attached to an aromatic ring is 1. The van der Waals surface area contributed by atoms with E-state index in [-0.39, 0.29) is 5.91 Å². The first-order valence-electron chi connectivity index (χ1n) is 12.4. The summed E-state index contributed by atoms with van der Waals surface area (Å²) < 4.78 is 21.7. The molecule has 1 amide bonds. The smallest absolute Gasteiger partial charge is 0.268 e. The van der Waals surface area contributed by atoms with Gasteiger partial charge >= 0.3 is 0 Å². The molecule has 3 aromatic carbocycles. The van der Waals surface area contributed by atoms with Gasteiger partial charge in [0.1, 0.15) is 21.2 Å². The molecule has 0 spiro atoms. The largest absolute Gasteiger partial charge is 0.497 e. The van der Waals surface area contributed by atoms with Crippen molar-refractivity contribution in [1.82, 2.24) is 4.98 Å². The molecule has 2 heterocycles. The number of nitrogens with one attached hydrogen (secondary N) is 1. The fraction of sp³-hybridized carbons (Fsp3) is 0.161. The predicted molar refractivity (Wildman–Crippen MR) is 160 cm³/mol. The minimum Gasteiger partial charge on any atom is -0.497 e. The van der Waals surface area contributed by atoms with Crippen molar-refractivity contribution in [2.45, 2.75) is 6.92 Å². The van der Waals surface area contributed by atoms with Crippen LogP contribution in [0.5, 0.6) is 23.0 Å². The van der Waals surface area contributed by atoms with Gasteiger partial charge in [-0.05, 0) is 48.4 Å². The molecule has 0 saturated carbocycles. The normalized spacial score (nSPS) is 10.8. The molecule has 0 bridgehead atoms. The van der Waals surface area contributed by atoms with E-state index in [1.54, 1.807) is 39.5 Å². The van der Waals surface area contributed by atoms with Crippen LogP contribution in [0.2, 0.25) is 0 Å². The second-order valence-corrected chi connectivity index (χ2v) is 10.0. The van der Waals surface area contributed by atoms with E-state index < -0.39 is 0 Å². The summed E-state index contributed by atoms with van der Waals surface area (Å²) in [6, 6.07) is 21.0. The van der Waals surface area contributed by atoms with Gasteiger partial charge in [0.2, 0.25) is 0 Å². The summed E-state index contributed by atoms with van der Waals surface area (Å²) >= 11 is 1.24. The average Bonchev–Trinajstić information content (AvgIpc) is 3.32. The lowest BCUT2D eigenvalue weighted by Gasteiger charge is -2.13. The highest BCUT2D eigenvalue weighted by molar-refractivity contribution is 7.21. The van der Waals surface area contributed by atoms with Crippen molar-refractivity contribution in [1.29, 1.82) is 0 Å². The summed E-state index contributed by atoms with van der Waals surface area (Å²) in [5, 5.41) is 3.61. The topological polar surface area (TPSA) is 105 Å². The molecule has 2 aromatic heterocycles. The first kappa shape index (κ1) is 26.8. The Morgan fingerprint density at radius 3 is 2.15 bits per heavy atom. The SMILES string of the molecule is COc1ccc(OC)c(NC(=O)c2sc3nc(-c4ccc(C)cc4)cc(-c4ccc(OC)c(OC)c4)c3c2N)c1. The lowest BCUT2D eigenvalue weighted by atomic mass is 9.98. The molecule has 0 unspecified atom stereocenters. The van der Waals surface area contributed by atoms with Crippen LogP contribution in [-0.4, -0.2) is 39.3 Å². The number of carbonyl (C=O) groups is 1. The summed E-state index contributed by atoms with van der Waals surface area (Å²) in [6.07, 6.45) is 0. The Bertz CT molecular complexity index is 1710. The van der Waals surface area contributed by atoms with Crippen molar-refractivity contribution >= 4 is 38.8 Å². The molecule has 5 aromatic rings. The summed E-state index contributed by atoms with van der Waals surface area (Å²) in [7, 11) is 6.29. The number of hydrogen-bond acceptors (Lipinski definition) is 8. The monoisotopic (exact) mass is 555 g/mol. The Kier molecular flexibility index (Phi) is 7.48. The van der Waals surface area contributed by atoms with E-state index in [1.165, 1.54) is 18.4 Å². The number of carbonyl (C=O) groups excluding carboxylic acids is 1. The van der Waals surface area contributed by atoms with Gasteiger partial charge < -0.3 is 30.0 Å². The van der Waals surface area contributed by atoms with Crippen molar-refractivity contribution in [3.8, 4) is 45.4 Å². The van der Waals surface area contributed by atoms with E-state index in [4.69, 9.17) is 29.7 Å². The summed E-state index contributed by atoms with van der Waals surface area (Å²) in [5.41, 5.74) is 12.0. The molecule has 0 atom stereocenters. The molecule has 3 N–H and O–H groups in total. The van der Waals surface area contributed by atoms with Gasteiger partial charge in [0, 0.05) is 17.0 Å². The van der Waals surface area contributed by atoms with Crippen LogP contribution in [0.3, 0.4) is 0 Å². The summed E-state index contributed by atoms with van der Waals surface area (Å²) in [4.78, 5) is 19.5. The van der Waals surface area contributed by atoms with Crippen molar-refractivity contribution < 1.29 is 23.7 Å². The number of aromatic nitrogens is 1. The van der Waals surface area contributed by atoms with E-state index in [9.17, 15) is 4.79 Å². The standard InChI is InChI=1S/C31H29N3O5S/c1-17-6-8-18(9-7-17)22-16-21(19-10-12-25(38-4)26(14-19)39-5)27-28(32)29(40-31(27)34-22)30(35)33-23-15-20(36-2)11-13-24(23)37-3/h6-16H,32H2,1-5H3,(H,33,35). The van der Waals surface area contributed by atoms with Crippen molar-refractivity contribution in [3.63, 3.8) is 0 Å². The molecule has 0 aliphatic carbocycles. The van der Waals surface area contributed by atoms with Crippen LogP contribution in [0.1, 0.15) is 15.2 Å². The highest BCUT2D eigenvalue weighted by Crippen LogP contribution is 2.43. The molecular weight excluding hydrogens is 526 g/mol. The van der Waals surface area contributed by atoms with Gasteiger partial charge in [-0.1, -0.05) is 35.9 Å². The zero-order chi connectivity index (χ0) is 28.4. The number of aryl methyl sites for hydroxylation is 1. The van der Waals surface area contributed by atoms with Crippen LogP contribution in [-0.2, 0) is 0 Å². The summed E-state index contributed by atoms with van der Waals surface area (Å²) in [5.74, 6) is 1.90. The third-order valence-electron chi connectivity index (χ3n) is 6.60. The number of amides is 1. The molecule has 0 aliphatic heterocycles. The van der Waals surface area contributed by atoms with Crippen LogP contribution in [0.15, 0.2) is 66.7 Å². The van der Waals surface area contributed by atoms with Crippen LogP contribution >= 0.6 is 11.3 Å². The molecule has 0 fully saturated rings. The Labute approximate surface area is 236 Å². The van der Waals surface area contributed by atoms with Crippen molar-refractivity contribution in [2.75, 3.05) is 39.5 Å². The number of thiophene rings is 1. The van der Waals surface area contributed by atoms with Gasteiger partial charge in [-0.15, -0.1) is 11.3 Å². The van der Waals surface area contributed by atoms with Gasteiger partial charge in [0.05, 0.1) is 45.5 Å². The van der Waals surface area contributed by atoms with Gasteiger partial charge in [-0.2, -0.15) is 0 Å². The average molecular weight is 556 g/mol. The zero-order valence-electron chi connectivity index (χ0n) is 22.8. The fourth-order valence-corrected chi connectivity index (χ4v) is 5.50. The second kappa shape index (κ2) is 11.2. The Morgan fingerprint density at radius 1 is 0.800 bits per heavy atom. The van der Waals surface area contributed by atoms with Gasteiger partial charge in [-0.3, -0.25) is 4.79 Å². The number of benzene rings is 3. The molecular formula is C31H29N3O5S. The number of rotatable bonds is 8. The molecule has 204 valence electrons. The van der Waals surface area contributed by atoms with Gasteiger partial charge in [-0.25, -0.2) is 4.98 Å². The van der Waals surface area contributed by atoms with Gasteiger partial charge in [0.25, 0.3) is 5.91 Å². The van der Waals surface area contributed by atoms with E-state index in [2.05, 4.69) is 5.32 Å². The Hall–Kier alpha value is -4.76. The van der Waals surface area contributed by atoms with E-state index in [0.29, 0.717) is 49.5 Å². The maximum absolute atomic E-state index is 13.6. The molecule has 0 saturated heterocycles. The Balaban J connectivity index is 1.68. The predicted octanol–water partition coefficient (Wildman–Crippen LogP) is 6.81. The summed E-state index contributed by atoms with van der Waals surface area (Å²) in [6.45, 7) is 2.04. The van der Waals surface area contributed by atoms with Crippen LogP contribution in [0.25, 0.3) is 32.6 Å². The maximum atomic E-state index is 13.6. The highest BCUT2D eigenvalue weighted by Gasteiger charge is 2.23. The van der Waals surface area contributed by atoms with E-state index >= 15 is 0 Å². The fourth-order valence-electron chi connectivity index (χ4n) is 4.48. The van der Waals surface area contributed by atoms with Crippen LogP contribution < -0.4 is 30.0 Å². The lowest BCUT2D eigenvalue weighted by Crippen LogP contribution is -2.13. The minimum atomic E-state index is -0.373. The number of methoxy groups -OCH3 is 4. The number of pyridine rings is 1. The van der Waals surface area contributed by atoms with E-state index in [1.807, 2.05) is 55.5 Å². The Morgan fingerprint density at radius 2 is 1.48 bits per heavy atom. The quantitative estimate of drug-likeness (QED) is 0.217. The highest BCUT2D eigenvalue weighted by atomic mass is 32.1. The maximum Gasteiger partial charge on any atom is 0.268 e. The number of hydrogen-bond donors (Lipinski definition) is 2. The number of anilines is 2. The van der Waals surface area contributed by atoms with Crippen LogP contribution in [0.4, 0.5) is 11.4 Å². The number of nitrogens with zero attached hydrogens (tertiary/aromatic N) is 1. The number of nitrogens with two attached hydrogens (primary N) is 1. The number of fused-ring (bicyclic) bond motifs is 1. The third-order valence-corrected chi connectivity index (χ3v) is 7.70. The second-order valence-electron chi connectivity index (χ2n) is 9.04. The zero-order valence-corrected chi connectivity index (χ0v) is 23.6.